The molecule has 1 atom stereocenters. The van der Waals surface area contributed by atoms with Crippen LogP contribution < -0.4 is 5.32 Å². The highest BCUT2D eigenvalue weighted by Crippen LogP contribution is 2.21. The van der Waals surface area contributed by atoms with Crippen LogP contribution in [0.25, 0.3) is 0 Å². The van der Waals surface area contributed by atoms with Gasteiger partial charge in [-0.15, -0.1) is 11.3 Å². The molecule has 2 nitrogen and oxygen atoms in total. The highest BCUT2D eigenvalue weighted by Gasteiger charge is 2.14. The van der Waals surface area contributed by atoms with Gasteiger partial charge in [-0.05, 0) is 44.9 Å². The number of rotatable bonds is 7. The first-order valence-electron chi connectivity index (χ1n) is 7.49. The summed E-state index contributed by atoms with van der Waals surface area (Å²) in [6.07, 6.45) is 3.04. The SMILES string of the molecule is CCCNC(Cc1nc(C)c(C)s1)Cc1ccccc1Cl. The van der Waals surface area contributed by atoms with E-state index >= 15 is 0 Å². The van der Waals surface area contributed by atoms with Crippen LogP contribution in [0.4, 0.5) is 0 Å². The second-order valence-corrected chi connectivity index (χ2v) is 7.09. The van der Waals surface area contributed by atoms with E-state index in [0.29, 0.717) is 6.04 Å². The first-order valence-corrected chi connectivity index (χ1v) is 8.69. The van der Waals surface area contributed by atoms with Crippen molar-refractivity contribution >= 4 is 22.9 Å². The summed E-state index contributed by atoms with van der Waals surface area (Å²) in [5.41, 5.74) is 2.36. The fourth-order valence-electron chi connectivity index (χ4n) is 2.33. The van der Waals surface area contributed by atoms with Crippen LogP contribution in [0.2, 0.25) is 5.02 Å². The number of aromatic nitrogens is 1. The van der Waals surface area contributed by atoms with Crippen molar-refractivity contribution in [2.45, 2.75) is 46.1 Å². The summed E-state index contributed by atoms with van der Waals surface area (Å²) in [7, 11) is 0. The van der Waals surface area contributed by atoms with E-state index in [4.69, 9.17) is 11.6 Å². The van der Waals surface area contributed by atoms with Crippen LogP contribution in [0.1, 0.15) is 34.5 Å². The standard InChI is InChI=1S/C17H23ClN2S/c1-4-9-19-15(10-14-7-5-6-8-16(14)18)11-17-20-12(2)13(3)21-17/h5-8,15,19H,4,9-11H2,1-3H3. The minimum absolute atomic E-state index is 0.384. The zero-order valence-electron chi connectivity index (χ0n) is 12.9. The highest BCUT2D eigenvalue weighted by atomic mass is 35.5. The Labute approximate surface area is 136 Å². The van der Waals surface area contributed by atoms with Gasteiger partial charge in [0.15, 0.2) is 0 Å². The normalized spacial score (nSPS) is 12.6. The van der Waals surface area contributed by atoms with Gasteiger partial charge in [0.2, 0.25) is 0 Å². The third-order valence-electron chi connectivity index (χ3n) is 3.60. The van der Waals surface area contributed by atoms with Crippen LogP contribution in [0.15, 0.2) is 24.3 Å². The fourth-order valence-corrected chi connectivity index (χ4v) is 3.56. The van der Waals surface area contributed by atoms with E-state index in [0.717, 1.165) is 36.5 Å². The van der Waals surface area contributed by atoms with Gasteiger partial charge >= 0.3 is 0 Å². The van der Waals surface area contributed by atoms with Crippen molar-refractivity contribution in [1.82, 2.24) is 10.3 Å². The number of thiazole rings is 1. The molecule has 0 aliphatic carbocycles. The van der Waals surface area contributed by atoms with Crippen molar-refractivity contribution in [3.8, 4) is 0 Å². The van der Waals surface area contributed by atoms with Crippen LogP contribution >= 0.6 is 22.9 Å². The Hall–Kier alpha value is -0.900. The van der Waals surface area contributed by atoms with Crippen molar-refractivity contribution in [3.05, 3.63) is 50.4 Å². The van der Waals surface area contributed by atoms with Gasteiger partial charge in [-0.25, -0.2) is 4.98 Å². The lowest BCUT2D eigenvalue weighted by Gasteiger charge is -2.18. The summed E-state index contributed by atoms with van der Waals surface area (Å²) in [4.78, 5) is 5.98. The lowest BCUT2D eigenvalue weighted by molar-refractivity contribution is 0.504. The molecule has 0 saturated carbocycles. The van der Waals surface area contributed by atoms with E-state index in [1.807, 2.05) is 12.1 Å². The van der Waals surface area contributed by atoms with Gasteiger partial charge in [0.05, 0.1) is 10.7 Å². The second-order valence-electron chi connectivity index (χ2n) is 5.40. The number of nitrogens with one attached hydrogen (secondary N) is 1. The van der Waals surface area contributed by atoms with E-state index in [-0.39, 0.29) is 0 Å². The molecule has 114 valence electrons. The maximum absolute atomic E-state index is 6.29. The number of nitrogens with zero attached hydrogens (tertiary/aromatic N) is 1. The van der Waals surface area contributed by atoms with Crippen molar-refractivity contribution in [2.24, 2.45) is 0 Å². The van der Waals surface area contributed by atoms with E-state index in [2.05, 4.69) is 43.2 Å². The van der Waals surface area contributed by atoms with Crippen molar-refractivity contribution in [3.63, 3.8) is 0 Å². The molecule has 0 bridgehead atoms. The van der Waals surface area contributed by atoms with Crippen molar-refractivity contribution < 1.29 is 0 Å². The summed E-state index contributed by atoms with van der Waals surface area (Å²) in [5.74, 6) is 0. The molecular formula is C17H23ClN2S. The van der Waals surface area contributed by atoms with E-state index in [1.165, 1.54) is 15.4 Å². The highest BCUT2D eigenvalue weighted by molar-refractivity contribution is 7.11. The molecule has 0 aliphatic rings. The molecule has 1 N–H and O–H groups in total. The van der Waals surface area contributed by atoms with Crippen LogP contribution in [0, 0.1) is 13.8 Å². The quantitative estimate of drug-likeness (QED) is 0.808. The molecule has 0 amide bonds. The number of hydrogen-bond acceptors (Lipinski definition) is 3. The summed E-state index contributed by atoms with van der Waals surface area (Å²) in [5, 5.41) is 5.70. The second kappa shape index (κ2) is 7.92. The molecule has 2 rings (SSSR count). The molecule has 0 saturated heterocycles. The van der Waals surface area contributed by atoms with Gasteiger partial charge in [-0.2, -0.15) is 0 Å². The smallest absolute Gasteiger partial charge is 0.0946 e. The lowest BCUT2D eigenvalue weighted by atomic mass is 10.0. The van der Waals surface area contributed by atoms with Gasteiger partial charge in [0, 0.05) is 22.4 Å². The number of aryl methyl sites for hydroxylation is 2. The fraction of sp³-hybridized carbons (Fsp3) is 0.471. The zero-order valence-corrected chi connectivity index (χ0v) is 14.5. The van der Waals surface area contributed by atoms with E-state index in [1.54, 1.807) is 11.3 Å². The average Bonchev–Trinajstić information content (AvgIpc) is 2.77. The summed E-state index contributed by atoms with van der Waals surface area (Å²) < 4.78 is 0. The molecule has 0 fully saturated rings. The molecule has 2 aromatic rings. The third kappa shape index (κ3) is 4.80. The topological polar surface area (TPSA) is 24.9 Å². The maximum Gasteiger partial charge on any atom is 0.0946 e. The van der Waals surface area contributed by atoms with Crippen molar-refractivity contribution in [1.29, 1.82) is 0 Å². The molecule has 0 radical (unpaired) electrons. The predicted octanol–water partition coefficient (Wildman–Crippen LogP) is 4.57. The molecule has 1 aromatic heterocycles. The van der Waals surface area contributed by atoms with Crippen LogP contribution in [-0.4, -0.2) is 17.6 Å². The predicted molar refractivity (Wildman–Crippen MR) is 92.5 cm³/mol. The molecule has 1 unspecified atom stereocenters. The monoisotopic (exact) mass is 322 g/mol. The van der Waals surface area contributed by atoms with Gasteiger partial charge in [0.1, 0.15) is 0 Å². The summed E-state index contributed by atoms with van der Waals surface area (Å²) in [6.45, 7) is 7.44. The third-order valence-corrected chi connectivity index (χ3v) is 5.06. The van der Waals surface area contributed by atoms with Crippen molar-refractivity contribution in [2.75, 3.05) is 6.54 Å². The Balaban J connectivity index is 2.08. The maximum atomic E-state index is 6.29. The number of halogens is 1. The van der Waals surface area contributed by atoms with Crippen LogP contribution in [0.5, 0.6) is 0 Å². The zero-order chi connectivity index (χ0) is 15.2. The molecule has 4 heteroatoms. The first kappa shape index (κ1) is 16.5. The Kier molecular flexibility index (Phi) is 6.22. The minimum Gasteiger partial charge on any atom is -0.313 e. The first-order chi connectivity index (χ1) is 10.1. The van der Waals surface area contributed by atoms with Crippen LogP contribution in [-0.2, 0) is 12.8 Å². The van der Waals surface area contributed by atoms with Gasteiger partial charge < -0.3 is 5.32 Å². The molecular weight excluding hydrogens is 300 g/mol. The largest absolute Gasteiger partial charge is 0.313 e. The average molecular weight is 323 g/mol. The van der Waals surface area contributed by atoms with Gasteiger partial charge in [-0.3, -0.25) is 0 Å². The molecule has 0 spiro atoms. The Bertz CT molecular complexity index is 560. The number of hydrogen-bond donors (Lipinski definition) is 1. The Morgan fingerprint density at radius 2 is 2.00 bits per heavy atom. The number of benzene rings is 1. The molecule has 0 aliphatic heterocycles. The van der Waals surface area contributed by atoms with E-state index < -0.39 is 0 Å². The lowest BCUT2D eigenvalue weighted by Crippen LogP contribution is -2.33. The Morgan fingerprint density at radius 3 is 2.62 bits per heavy atom. The van der Waals surface area contributed by atoms with Gasteiger partial charge in [-0.1, -0.05) is 36.7 Å². The molecule has 1 aromatic carbocycles. The summed E-state index contributed by atoms with van der Waals surface area (Å²) >= 11 is 8.10. The van der Waals surface area contributed by atoms with Gasteiger partial charge in [0.25, 0.3) is 0 Å². The molecule has 1 heterocycles. The Morgan fingerprint density at radius 1 is 1.24 bits per heavy atom. The van der Waals surface area contributed by atoms with Crippen LogP contribution in [0.3, 0.4) is 0 Å². The molecule has 21 heavy (non-hydrogen) atoms. The summed E-state index contributed by atoms with van der Waals surface area (Å²) in [6, 6.07) is 8.49. The van der Waals surface area contributed by atoms with E-state index in [9.17, 15) is 0 Å². The minimum atomic E-state index is 0.384.